The second-order valence-corrected chi connectivity index (χ2v) is 7.70. The van der Waals surface area contributed by atoms with Crippen LogP contribution in [-0.2, 0) is 11.2 Å². The van der Waals surface area contributed by atoms with Gasteiger partial charge in [0.15, 0.2) is 6.10 Å². The summed E-state index contributed by atoms with van der Waals surface area (Å²) >= 11 is 0. The Labute approximate surface area is 166 Å². The number of amides is 1. The maximum atomic E-state index is 12.9. The maximum Gasteiger partial charge on any atom is 0.263 e. The highest BCUT2D eigenvalue weighted by Gasteiger charge is 2.27. The van der Waals surface area contributed by atoms with Gasteiger partial charge in [-0.15, -0.1) is 0 Å². The number of hydrogen-bond donors (Lipinski definition) is 0. The topological polar surface area (TPSA) is 29.5 Å². The highest BCUT2D eigenvalue weighted by atomic mass is 16.5. The second kappa shape index (κ2) is 8.47. The minimum Gasteiger partial charge on any atom is -0.480 e. The van der Waals surface area contributed by atoms with E-state index in [-0.39, 0.29) is 5.91 Å². The molecule has 0 N–H and O–H groups in total. The summed E-state index contributed by atoms with van der Waals surface area (Å²) < 4.78 is 6.07. The SMILES string of the molecule is C[C@@H](Oc1cccc2ccccc12)C(=O)N1CCC(Cc2ccccc2)CC1. The van der Waals surface area contributed by atoms with Crippen LogP contribution in [0.3, 0.4) is 0 Å². The largest absolute Gasteiger partial charge is 0.480 e. The van der Waals surface area contributed by atoms with Crippen LogP contribution in [0.25, 0.3) is 10.8 Å². The van der Waals surface area contributed by atoms with Crippen molar-refractivity contribution in [1.29, 1.82) is 0 Å². The third-order valence-corrected chi connectivity index (χ3v) is 5.69. The van der Waals surface area contributed by atoms with Gasteiger partial charge >= 0.3 is 0 Å². The number of ether oxygens (including phenoxy) is 1. The number of hydrogen-bond acceptors (Lipinski definition) is 2. The van der Waals surface area contributed by atoms with Gasteiger partial charge in [0.2, 0.25) is 0 Å². The lowest BCUT2D eigenvalue weighted by atomic mass is 9.90. The highest BCUT2D eigenvalue weighted by molar-refractivity contribution is 5.89. The third kappa shape index (κ3) is 4.19. The number of fused-ring (bicyclic) bond motifs is 1. The number of nitrogens with zero attached hydrogens (tertiary/aromatic N) is 1. The summed E-state index contributed by atoms with van der Waals surface area (Å²) in [6, 6.07) is 24.7. The lowest BCUT2D eigenvalue weighted by Gasteiger charge is -2.33. The van der Waals surface area contributed by atoms with Gasteiger partial charge < -0.3 is 9.64 Å². The molecule has 0 unspecified atom stereocenters. The molecule has 0 bridgehead atoms. The molecule has 0 radical (unpaired) electrons. The molecule has 1 aliphatic rings. The summed E-state index contributed by atoms with van der Waals surface area (Å²) in [4.78, 5) is 14.9. The van der Waals surface area contributed by atoms with E-state index in [2.05, 4.69) is 42.5 Å². The molecule has 1 aliphatic heterocycles. The fraction of sp³-hybridized carbons (Fsp3) is 0.320. The predicted octanol–water partition coefficient (Wildman–Crippen LogP) is 5.09. The van der Waals surface area contributed by atoms with E-state index in [1.165, 1.54) is 5.56 Å². The minimum atomic E-state index is -0.475. The minimum absolute atomic E-state index is 0.0890. The van der Waals surface area contributed by atoms with E-state index in [1.54, 1.807) is 0 Å². The van der Waals surface area contributed by atoms with Gasteiger partial charge in [0.1, 0.15) is 5.75 Å². The van der Waals surface area contributed by atoms with E-state index < -0.39 is 6.10 Å². The Balaban J connectivity index is 1.34. The zero-order valence-electron chi connectivity index (χ0n) is 16.4. The number of carbonyl (C=O) groups excluding carboxylic acids is 1. The quantitative estimate of drug-likeness (QED) is 0.623. The molecule has 1 fully saturated rings. The number of carbonyl (C=O) groups is 1. The van der Waals surface area contributed by atoms with Gasteiger partial charge in [0, 0.05) is 18.5 Å². The fourth-order valence-electron chi connectivity index (χ4n) is 4.10. The number of piperidine rings is 1. The Bertz CT molecular complexity index is 924. The fourth-order valence-corrected chi connectivity index (χ4v) is 4.10. The van der Waals surface area contributed by atoms with Crippen molar-refractivity contribution in [3.8, 4) is 5.75 Å². The maximum absolute atomic E-state index is 12.9. The summed E-state index contributed by atoms with van der Waals surface area (Å²) in [7, 11) is 0. The molecule has 3 nitrogen and oxygen atoms in total. The van der Waals surface area contributed by atoms with Crippen molar-refractivity contribution in [3.63, 3.8) is 0 Å². The Morgan fingerprint density at radius 2 is 1.64 bits per heavy atom. The zero-order valence-corrected chi connectivity index (χ0v) is 16.4. The van der Waals surface area contributed by atoms with E-state index in [1.807, 2.05) is 42.2 Å². The average molecular weight is 373 g/mol. The first-order chi connectivity index (χ1) is 13.7. The van der Waals surface area contributed by atoms with Gasteiger partial charge in [-0.3, -0.25) is 4.79 Å². The first kappa shape index (κ1) is 18.5. The van der Waals surface area contributed by atoms with Crippen molar-refractivity contribution >= 4 is 16.7 Å². The molecule has 0 aliphatic carbocycles. The number of likely N-dealkylation sites (tertiary alicyclic amines) is 1. The van der Waals surface area contributed by atoms with Crippen LogP contribution in [-0.4, -0.2) is 30.0 Å². The van der Waals surface area contributed by atoms with Crippen LogP contribution >= 0.6 is 0 Å². The Morgan fingerprint density at radius 3 is 2.43 bits per heavy atom. The van der Waals surface area contributed by atoms with Gasteiger partial charge in [0.25, 0.3) is 5.91 Å². The first-order valence-electron chi connectivity index (χ1n) is 10.2. The van der Waals surface area contributed by atoms with Gasteiger partial charge in [-0.2, -0.15) is 0 Å². The van der Waals surface area contributed by atoms with E-state index >= 15 is 0 Å². The molecule has 0 saturated carbocycles. The van der Waals surface area contributed by atoms with Crippen LogP contribution in [0.1, 0.15) is 25.3 Å². The molecule has 28 heavy (non-hydrogen) atoms. The summed E-state index contributed by atoms with van der Waals surface area (Å²) in [5.41, 5.74) is 1.39. The van der Waals surface area contributed by atoms with Crippen molar-refractivity contribution in [2.45, 2.75) is 32.3 Å². The molecular formula is C25H27NO2. The van der Waals surface area contributed by atoms with Gasteiger partial charge in [-0.05, 0) is 49.1 Å². The molecular weight excluding hydrogens is 346 g/mol. The van der Waals surface area contributed by atoms with Crippen molar-refractivity contribution in [2.24, 2.45) is 5.92 Å². The molecule has 1 atom stereocenters. The van der Waals surface area contributed by atoms with E-state index in [0.717, 1.165) is 48.9 Å². The average Bonchev–Trinajstić information content (AvgIpc) is 2.75. The lowest BCUT2D eigenvalue weighted by molar-refractivity contribution is -0.139. The van der Waals surface area contributed by atoms with Crippen LogP contribution in [0.15, 0.2) is 72.8 Å². The predicted molar refractivity (Wildman–Crippen MR) is 113 cm³/mol. The Kier molecular flexibility index (Phi) is 5.61. The van der Waals surface area contributed by atoms with Gasteiger partial charge in [-0.25, -0.2) is 0 Å². The summed E-state index contributed by atoms with van der Waals surface area (Å²) in [6.07, 6.45) is 2.74. The van der Waals surface area contributed by atoms with Crippen molar-refractivity contribution in [3.05, 3.63) is 78.4 Å². The smallest absolute Gasteiger partial charge is 0.263 e. The van der Waals surface area contributed by atoms with Gasteiger partial charge in [-0.1, -0.05) is 66.7 Å². The van der Waals surface area contributed by atoms with Gasteiger partial charge in [0.05, 0.1) is 0 Å². The summed E-state index contributed by atoms with van der Waals surface area (Å²) in [5.74, 6) is 1.52. The molecule has 3 aromatic carbocycles. The molecule has 4 rings (SSSR count). The van der Waals surface area contributed by atoms with Crippen molar-refractivity contribution in [2.75, 3.05) is 13.1 Å². The Morgan fingerprint density at radius 1 is 0.964 bits per heavy atom. The molecule has 3 aromatic rings. The van der Waals surface area contributed by atoms with Crippen LogP contribution in [0.2, 0.25) is 0 Å². The zero-order chi connectivity index (χ0) is 19.3. The van der Waals surface area contributed by atoms with Crippen molar-refractivity contribution in [1.82, 2.24) is 4.90 Å². The van der Waals surface area contributed by atoms with Crippen LogP contribution in [0, 0.1) is 5.92 Å². The van der Waals surface area contributed by atoms with Crippen LogP contribution < -0.4 is 4.74 Å². The molecule has 1 saturated heterocycles. The number of benzene rings is 3. The molecule has 3 heteroatoms. The van der Waals surface area contributed by atoms with Crippen molar-refractivity contribution < 1.29 is 9.53 Å². The normalized spacial score (nSPS) is 16.1. The number of rotatable bonds is 5. The van der Waals surface area contributed by atoms with E-state index in [9.17, 15) is 4.79 Å². The molecule has 1 heterocycles. The summed E-state index contributed by atoms with van der Waals surface area (Å²) in [6.45, 7) is 3.50. The summed E-state index contributed by atoms with van der Waals surface area (Å²) in [5, 5.41) is 2.17. The first-order valence-corrected chi connectivity index (χ1v) is 10.2. The molecule has 144 valence electrons. The second-order valence-electron chi connectivity index (χ2n) is 7.70. The molecule has 0 spiro atoms. The monoisotopic (exact) mass is 373 g/mol. The third-order valence-electron chi connectivity index (χ3n) is 5.69. The van der Waals surface area contributed by atoms with Crippen LogP contribution in [0.5, 0.6) is 5.75 Å². The molecule has 0 aromatic heterocycles. The van der Waals surface area contributed by atoms with E-state index in [0.29, 0.717) is 5.92 Å². The standard InChI is InChI=1S/C25H27NO2/c1-19(28-24-13-7-11-22-10-5-6-12-23(22)24)25(27)26-16-14-21(15-17-26)18-20-8-3-2-4-9-20/h2-13,19,21H,14-18H2,1H3/t19-/m1/s1. The highest BCUT2D eigenvalue weighted by Crippen LogP contribution is 2.27. The lowest BCUT2D eigenvalue weighted by Crippen LogP contribution is -2.45. The van der Waals surface area contributed by atoms with E-state index in [4.69, 9.17) is 4.74 Å². The molecule has 1 amide bonds. The Hall–Kier alpha value is -2.81. The van der Waals surface area contributed by atoms with Crippen LogP contribution in [0.4, 0.5) is 0 Å².